The molecule has 1 N–H and O–H groups in total. The first-order valence-electron chi connectivity index (χ1n) is 7.63. The molecule has 1 saturated heterocycles. The van der Waals surface area contributed by atoms with E-state index in [4.69, 9.17) is 0 Å². The van der Waals surface area contributed by atoms with Crippen molar-refractivity contribution in [2.75, 3.05) is 31.1 Å². The number of anilines is 1. The zero-order valence-corrected chi connectivity index (χ0v) is 13.2. The average molecular weight is 277 g/mol. The fraction of sp³-hybridized carbons (Fsp3) is 0.688. The third-order valence-electron chi connectivity index (χ3n) is 4.44. The summed E-state index contributed by atoms with van der Waals surface area (Å²) in [4.78, 5) is 9.53. The van der Waals surface area contributed by atoms with E-state index in [2.05, 4.69) is 35.6 Å². The monoisotopic (exact) mass is 277 g/mol. The minimum absolute atomic E-state index is 0.0695. The van der Waals surface area contributed by atoms with Crippen molar-refractivity contribution < 1.29 is 5.11 Å². The lowest BCUT2D eigenvalue weighted by atomic mass is 10.1. The summed E-state index contributed by atoms with van der Waals surface area (Å²) in [6.07, 6.45) is 1.20. The van der Waals surface area contributed by atoms with Gasteiger partial charge < -0.3 is 10.0 Å². The quantitative estimate of drug-likeness (QED) is 0.915. The molecule has 1 aromatic rings. The summed E-state index contributed by atoms with van der Waals surface area (Å²) < 4.78 is 0. The lowest BCUT2D eigenvalue weighted by Crippen LogP contribution is -2.50. The Morgan fingerprint density at radius 3 is 2.45 bits per heavy atom. The number of rotatable bonds is 4. The van der Waals surface area contributed by atoms with Crippen LogP contribution in [0.5, 0.6) is 0 Å². The van der Waals surface area contributed by atoms with Gasteiger partial charge in [0, 0.05) is 43.5 Å². The van der Waals surface area contributed by atoms with Crippen LogP contribution < -0.4 is 4.90 Å². The van der Waals surface area contributed by atoms with E-state index in [1.807, 2.05) is 13.0 Å². The second-order valence-electron chi connectivity index (χ2n) is 5.82. The Hall–Kier alpha value is -1.13. The van der Waals surface area contributed by atoms with Gasteiger partial charge in [-0.25, -0.2) is 4.98 Å². The molecule has 2 rings (SSSR count). The van der Waals surface area contributed by atoms with Gasteiger partial charge in [0.25, 0.3) is 0 Å². The van der Waals surface area contributed by atoms with Gasteiger partial charge in [-0.3, -0.25) is 4.90 Å². The topological polar surface area (TPSA) is 39.6 Å². The fourth-order valence-electron chi connectivity index (χ4n) is 2.93. The van der Waals surface area contributed by atoms with Gasteiger partial charge in [0.2, 0.25) is 0 Å². The number of pyridine rings is 1. The van der Waals surface area contributed by atoms with E-state index in [1.54, 1.807) is 0 Å². The highest BCUT2D eigenvalue weighted by molar-refractivity contribution is 5.51. The molecule has 0 spiro atoms. The van der Waals surface area contributed by atoms with E-state index in [-0.39, 0.29) is 6.61 Å². The summed E-state index contributed by atoms with van der Waals surface area (Å²) in [5.41, 5.74) is 3.14. The lowest BCUT2D eigenvalue weighted by molar-refractivity contribution is 0.192. The molecule has 1 fully saturated rings. The third-order valence-corrected chi connectivity index (χ3v) is 4.44. The molecular weight excluding hydrogens is 250 g/mol. The van der Waals surface area contributed by atoms with Gasteiger partial charge in [-0.15, -0.1) is 0 Å². The molecule has 2 heterocycles. The Morgan fingerprint density at radius 2 is 1.90 bits per heavy atom. The van der Waals surface area contributed by atoms with E-state index < -0.39 is 0 Å². The van der Waals surface area contributed by atoms with Gasteiger partial charge in [-0.2, -0.15) is 0 Å². The molecule has 20 heavy (non-hydrogen) atoms. The minimum Gasteiger partial charge on any atom is -0.392 e. The maximum atomic E-state index is 9.62. The van der Waals surface area contributed by atoms with Crippen molar-refractivity contribution >= 4 is 5.82 Å². The van der Waals surface area contributed by atoms with Crippen LogP contribution in [0.25, 0.3) is 0 Å². The zero-order chi connectivity index (χ0) is 14.7. The van der Waals surface area contributed by atoms with Crippen LogP contribution in [0.2, 0.25) is 0 Å². The maximum absolute atomic E-state index is 9.62. The van der Waals surface area contributed by atoms with Crippen molar-refractivity contribution in [3.05, 3.63) is 22.9 Å². The molecule has 0 aromatic carbocycles. The van der Waals surface area contributed by atoms with Gasteiger partial charge in [0.05, 0.1) is 6.61 Å². The van der Waals surface area contributed by atoms with Crippen LogP contribution >= 0.6 is 0 Å². The first-order valence-corrected chi connectivity index (χ1v) is 7.63. The van der Waals surface area contributed by atoms with Crippen molar-refractivity contribution in [3.63, 3.8) is 0 Å². The molecule has 1 atom stereocenters. The summed E-state index contributed by atoms with van der Waals surface area (Å²) in [6, 6.07) is 2.70. The van der Waals surface area contributed by atoms with Crippen LogP contribution in [0, 0.1) is 13.8 Å². The number of aryl methyl sites for hydroxylation is 2. The molecule has 0 bridgehead atoms. The van der Waals surface area contributed by atoms with Crippen LogP contribution in [-0.2, 0) is 6.61 Å². The van der Waals surface area contributed by atoms with Crippen molar-refractivity contribution in [2.24, 2.45) is 0 Å². The van der Waals surface area contributed by atoms with Crippen LogP contribution in [0.15, 0.2) is 6.07 Å². The Kier molecular flexibility index (Phi) is 5.00. The second kappa shape index (κ2) is 6.55. The summed E-state index contributed by atoms with van der Waals surface area (Å²) in [5.74, 6) is 0.980. The highest BCUT2D eigenvalue weighted by atomic mass is 16.3. The molecular formula is C16H27N3O. The standard InChI is InChI=1S/C16H27N3O/c1-5-14(4)18-6-8-19(9-7-18)16-15(11-20)12(2)10-13(3)17-16/h10,14,20H,5-9,11H2,1-4H3. The van der Waals surface area contributed by atoms with E-state index in [0.717, 1.165) is 48.8 Å². The second-order valence-corrected chi connectivity index (χ2v) is 5.82. The first kappa shape index (κ1) is 15.3. The third kappa shape index (κ3) is 3.13. The summed E-state index contributed by atoms with van der Waals surface area (Å²) in [7, 11) is 0. The average Bonchev–Trinajstić information content (AvgIpc) is 2.46. The van der Waals surface area contributed by atoms with Gasteiger partial charge >= 0.3 is 0 Å². The van der Waals surface area contributed by atoms with Gasteiger partial charge in [0.15, 0.2) is 0 Å². The Bertz CT molecular complexity index is 453. The highest BCUT2D eigenvalue weighted by Gasteiger charge is 2.23. The van der Waals surface area contributed by atoms with Gasteiger partial charge in [-0.05, 0) is 38.8 Å². The van der Waals surface area contributed by atoms with Crippen molar-refractivity contribution in [1.82, 2.24) is 9.88 Å². The number of piperazine rings is 1. The summed E-state index contributed by atoms with van der Waals surface area (Å²) in [5, 5.41) is 9.62. The van der Waals surface area contributed by atoms with Crippen LogP contribution in [0.1, 0.15) is 37.1 Å². The summed E-state index contributed by atoms with van der Waals surface area (Å²) in [6.45, 7) is 12.8. The molecule has 112 valence electrons. The largest absolute Gasteiger partial charge is 0.392 e. The molecule has 4 heteroatoms. The van der Waals surface area contributed by atoms with Gasteiger partial charge in [-0.1, -0.05) is 6.92 Å². The fourth-order valence-corrected chi connectivity index (χ4v) is 2.93. The van der Waals surface area contributed by atoms with E-state index in [1.165, 1.54) is 6.42 Å². The minimum atomic E-state index is 0.0695. The zero-order valence-electron chi connectivity index (χ0n) is 13.2. The molecule has 1 aliphatic rings. The number of hydrogen-bond acceptors (Lipinski definition) is 4. The molecule has 0 aliphatic carbocycles. The number of hydrogen-bond donors (Lipinski definition) is 1. The predicted molar refractivity (Wildman–Crippen MR) is 83.2 cm³/mol. The van der Waals surface area contributed by atoms with Gasteiger partial charge in [0.1, 0.15) is 5.82 Å². The number of aromatic nitrogens is 1. The van der Waals surface area contributed by atoms with Crippen LogP contribution in [0.4, 0.5) is 5.82 Å². The molecule has 1 aliphatic heterocycles. The molecule has 1 unspecified atom stereocenters. The Labute approximate surface area is 122 Å². The lowest BCUT2D eigenvalue weighted by Gasteiger charge is -2.39. The molecule has 0 radical (unpaired) electrons. The first-order chi connectivity index (χ1) is 9.56. The van der Waals surface area contributed by atoms with E-state index in [9.17, 15) is 5.11 Å². The molecule has 0 saturated carbocycles. The molecule has 4 nitrogen and oxygen atoms in total. The number of aliphatic hydroxyl groups is 1. The molecule has 0 amide bonds. The van der Waals surface area contributed by atoms with Crippen LogP contribution in [0.3, 0.4) is 0 Å². The Morgan fingerprint density at radius 1 is 1.25 bits per heavy atom. The normalized spacial score (nSPS) is 18.4. The smallest absolute Gasteiger partial charge is 0.134 e. The number of aliphatic hydroxyl groups excluding tert-OH is 1. The van der Waals surface area contributed by atoms with E-state index in [0.29, 0.717) is 6.04 Å². The van der Waals surface area contributed by atoms with Crippen LogP contribution in [-0.4, -0.2) is 47.2 Å². The van der Waals surface area contributed by atoms with Crippen molar-refractivity contribution in [3.8, 4) is 0 Å². The maximum Gasteiger partial charge on any atom is 0.134 e. The Balaban J connectivity index is 2.14. The summed E-state index contributed by atoms with van der Waals surface area (Å²) >= 11 is 0. The molecule has 1 aromatic heterocycles. The van der Waals surface area contributed by atoms with Crippen molar-refractivity contribution in [2.45, 2.75) is 46.8 Å². The SMILES string of the molecule is CCC(C)N1CCN(c2nc(C)cc(C)c2CO)CC1. The number of nitrogens with zero attached hydrogens (tertiary/aromatic N) is 3. The van der Waals surface area contributed by atoms with Crippen molar-refractivity contribution in [1.29, 1.82) is 0 Å². The predicted octanol–water partition coefficient (Wildman–Crippen LogP) is 2.11. The van der Waals surface area contributed by atoms with E-state index >= 15 is 0 Å². The highest BCUT2D eigenvalue weighted by Crippen LogP contribution is 2.24.